The van der Waals surface area contributed by atoms with Crippen molar-refractivity contribution in [2.75, 3.05) is 18.6 Å². The highest BCUT2D eigenvalue weighted by Gasteiger charge is 2.06. The van der Waals surface area contributed by atoms with Crippen LogP contribution in [0.4, 0.5) is 0 Å². The fourth-order valence-corrected chi connectivity index (χ4v) is 2.36. The van der Waals surface area contributed by atoms with Crippen LogP contribution in [0.5, 0.6) is 0 Å². The molecule has 2 N–H and O–H groups in total. The van der Waals surface area contributed by atoms with Crippen molar-refractivity contribution in [3.8, 4) is 0 Å². The van der Waals surface area contributed by atoms with Gasteiger partial charge in [0, 0.05) is 35.4 Å². The van der Waals surface area contributed by atoms with E-state index in [1.54, 1.807) is 6.26 Å². The number of nitrogens with one attached hydrogen (secondary N) is 2. The summed E-state index contributed by atoms with van der Waals surface area (Å²) in [5, 5.41) is 5.88. The molecule has 2 unspecified atom stereocenters. The Kier molecular flexibility index (Phi) is 6.60. The quantitative estimate of drug-likeness (QED) is 0.764. The van der Waals surface area contributed by atoms with E-state index in [4.69, 9.17) is 0 Å². The normalized spacial score (nSPS) is 13.9. The Morgan fingerprint density at radius 3 is 2.61 bits per heavy atom. The molecule has 5 heteroatoms. The molecule has 4 nitrogen and oxygen atoms in total. The monoisotopic (exact) mass is 268 g/mol. The fourth-order valence-electron chi connectivity index (χ4n) is 1.54. The third-order valence-electron chi connectivity index (χ3n) is 2.43. The topological polar surface area (TPSA) is 58.2 Å². The molecule has 2 atom stereocenters. The van der Waals surface area contributed by atoms with Crippen LogP contribution in [0, 0.1) is 0 Å². The average molecular weight is 268 g/mol. The van der Waals surface area contributed by atoms with Gasteiger partial charge in [0.1, 0.15) is 0 Å². The van der Waals surface area contributed by atoms with Crippen molar-refractivity contribution in [1.29, 1.82) is 0 Å². The third-order valence-corrected chi connectivity index (χ3v) is 3.40. The van der Waals surface area contributed by atoms with Crippen LogP contribution in [-0.4, -0.2) is 34.7 Å². The molecule has 18 heavy (non-hydrogen) atoms. The van der Waals surface area contributed by atoms with E-state index in [0.29, 0.717) is 12.3 Å². The Morgan fingerprint density at radius 2 is 2.00 bits per heavy atom. The first-order chi connectivity index (χ1) is 8.58. The second-order valence-electron chi connectivity index (χ2n) is 4.28. The summed E-state index contributed by atoms with van der Waals surface area (Å²) in [6, 6.07) is 9.85. The van der Waals surface area contributed by atoms with Crippen LogP contribution >= 0.6 is 0 Å². The fraction of sp³-hybridized carbons (Fsp3) is 0.462. The molecule has 0 saturated carbocycles. The maximum absolute atomic E-state index is 11.6. The molecule has 0 bridgehead atoms. The van der Waals surface area contributed by atoms with Crippen molar-refractivity contribution in [2.45, 2.75) is 19.5 Å². The van der Waals surface area contributed by atoms with Gasteiger partial charge in [0.05, 0.1) is 6.54 Å². The van der Waals surface area contributed by atoms with Crippen molar-refractivity contribution in [3.05, 3.63) is 35.9 Å². The van der Waals surface area contributed by atoms with Gasteiger partial charge in [-0.15, -0.1) is 0 Å². The zero-order valence-corrected chi connectivity index (χ0v) is 11.6. The highest BCUT2D eigenvalue weighted by Crippen LogP contribution is 1.96. The van der Waals surface area contributed by atoms with Crippen LogP contribution in [0.3, 0.4) is 0 Å². The van der Waals surface area contributed by atoms with Gasteiger partial charge in [0.25, 0.3) is 0 Å². The number of hydrogen-bond donors (Lipinski definition) is 2. The maximum atomic E-state index is 11.6. The number of carbonyl (C=O) groups is 1. The third kappa shape index (κ3) is 6.51. The molecule has 0 aliphatic heterocycles. The van der Waals surface area contributed by atoms with E-state index in [2.05, 4.69) is 10.6 Å². The van der Waals surface area contributed by atoms with Gasteiger partial charge in [-0.3, -0.25) is 9.00 Å². The zero-order valence-electron chi connectivity index (χ0n) is 10.8. The average Bonchev–Trinajstić information content (AvgIpc) is 2.34. The van der Waals surface area contributed by atoms with Crippen molar-refractivity contribution >= 4 is 16.7 Å². The van der Waals surface area contributed by atoms with Gasteiger partial charge in [-0.05, 0) is 12.5 Å². The number of hydrogen-bond acceptors (Lipinski definition) is 3. The molecule has 0 heterocycles. The van der Waals surface area contributed by atoms with Gasteiger partial charge in [0.2, 0.25) is 5.91 Å². The minimum atomic E-state index is -0.838. The van der Waals surface area contributed by atoms with E-state index in [-0.39, 0.29) is 18.5 Å². The SMILES string of the molecule is CC(CS(C)=O)NCC(=O)NCc1ccccc1. The number of rotatable bonds is 7. The molecule has 0 fully saturated rings. The summed E-state index contributed by atoms with van der Waals surface area (Å²) in [6.45, 7) is 2.71. The zero-order chi connectivity index (χ0) is 13.4. The van der Waals surface area contributed by atoms with Gasteiger partial charge in [-0.2, -0.15) is 0 Å². The predicted molar refractivity (Wildman–Crippen MR) is 74.7 cm³/mol. The lowest BCUT2D eigenvalue weighted by Crippen LogP contribution is -2.39. The lowest BCUT2D eigenvalue weighted by molar-refractivity contribution is -0.120. The number of carbonyl (C=O) groups excluding carboxylic acids is 1. The van der Waals surface area contributed by atoms with Gasteiger partial charge < -0.3 is 10.6 Å². The summed E-state index contributed by atoms with van der Waals surface area (Å²) in [4.78, 5) is 11.6. The first kappa shape index (κ1) is 14.9. The molecule has 0 aromatic heterocycles. The molecule has 0 aliphatic rings. The Bertz CT molecular complexity index is 395. The lowest BCUT2D eigenvalue weighted by Gasteiger charge is -2.12. The molecule has 1 aromatic carbocycles. The molecule has 1 aromatic rings. The number of amides is 1. The van der Waals surface area contributed by atoms with Crippen LogP contribution in [0.1, 0.15) is 12.5 Å². The molecular formula is C13H20N2O2S. The summed E-state index contributed by atoms with van der Waals surface area (Å²) < 4.78 is 11.0. The van der Waals surface area contributed by atoms with E-state index in [9.17, 15) is 9.00 Å². The summed E-state index contributed by atoms with van der Waals surface area (Å²) >= 11 is 0. The summed E-state index contributed by atoms with van der Waals surface area (Å²) in [6.07, 6.45) is 1.66. The van der Waals surface area contributed by atoms with Crippen molar-refractivity contribution < 1.29 is 9.00 Å². The number of benzene rings is 1. The Balaban J connectivity index is 2.20. The van der Waals surface area contributed by atoms with Gasteiger partial charge in [0.15, 0.2) is 0 Å². The van der Waals surface area contributed by atoms with Crippen LogP contribution in [-0.2, 0) is 22.1 Å². The second kappa shape index (κ2) is 8.00. The van der Waals surface area contributed by atoms with Crippen molar-refractivity contribution in [1.82, 2.24) is 10.6 Å². The molecule has 0 radical (unpaired) electrons. The summed E-state index contributed by atoms with van der Waals surface area (Å²) in [5.74, 6) is 0.513. The smallest absolute Gasteiger partial charge is 0.234 e. The Labute approximate surface area is 111 Å². The van der Waals surface area contributed by atoms with E-state index in [1.807, 2.05) is 37.3 Å². The van der Waals surface area contributed by atoms with Crippen LogP contribution in [0.25, 0.3) is 0 Å². The van der Waals surface area contributed by atoms with Gasteiger partial charge in [-0.1, -0.05) is 30.3 Å². The largest absolute Gasteiger partial charge is 0.351 e. The second-order valence-corrected chi connectivity index (χ2v) is 5.76. The molecule has 0 saturated heterocycles. The molecule has 1 rings (SSSR count). The van der Waals surface area contributed by atoms with E-state index >= 15 is 0 Å². The van der Waals surface area contributed by atoms with Gasteiger partial charge in [-0.25, -0.2) is 0 Å². The Morgan fingerprint density at radius 1 is 1.33 bits per heavy atom. The highest BCUT2D eigenvalue weighted by molar-refractivity contribution is 7.84. The molecular weight excluding hydrogens is 248 g/mol. The minimum Gasteiger partial charge on any atom is -0.351 e. The van der Waals surface area contributed by atoms with Crippen molar-refractivity contribution in [2.24, 2.45) is 0 Å². The first-order valence-corrected chi connectivity index (χ1v) is 7.64. The van der Waals surface area contributed by atoms with Crippen LogP contribution < -0.4 is 10.6 Å². The minimum absolute atomic E-state index is 0.0485. The van der Waals surface area contributed by atoms with E-state index in [0.717, 1.165) is 5.56 Å². The standard InChI is InChI=1S/C13H20N2O2S/c1-11(10-18(2)17)14-9-13(16)15-8-12-6-4-3-5-7-12/h3-7,11,14H,8-10H2,1-2H3,(H,15,16). The predicted octanol–water partition coefficient (Wildman–Crippen LogP) is 0.659. The Hall–Kier alpha value is -1.20. The van der Waals surface area contributed by atoms with E-state index < -0.39 is 10.8 Å². The van der Waals surface area contributed by atoms with Crippen molar-refractivity contribution in [3.63, 3.8) is 0 Å². The molecule has 1 amide bonds. The lowest BCUT2D eigenvalue weighted by atomic mass is 10.2. The maximum Gasteiger partial charge on any atom is 0.234 e. The highest BCUT2D eigenvalue weighted by atomic mass is 32.2. The first-order valence-electron chi connectivity index (χ1n) is 5.92. The summed E-state index contributed by atoms with van der Waals surface area (Å²) in [7, 11) is -0.838. The molecule has 100 valence electrons. The van der Waals surface area contributed by atoms with Gasteiger partial charge >= 0.3 is 0 Å². The molecule has 0 aliphatic carbocycles. The summed E-state index contributed by atoms with van der Waals surface area (Å²) in [5.41, 5.74) is 1.08. The van der Waals surface area contributed by atoms with Crippen LogP contribution in [0.15, 0.2) is 30.3 Å². The molecule has 0 spiro atoms. The van der Waals surface area contributed by atoms with Crippen LogP contribution in [0.2, 0.25) is 0 Å². The van der Waals surface area contributed by atoms with E-state index in [1.165, 1.54) is 0 Å².